The Labute approximate surface area is 82.6 Å². The van der Waals surface area contributed by atoms with Crippen LogP contribution in [0.3, 0.4) is 0 Å². The highest BCUT2D eigenvalue weighted by Crippen LogP contribution is 2.02. The van der Waals surface area contributed by atoms with Crippen molar-refractivity contribution in [1.82, 2.24) is 10.7 Å². The Morgan fingerprint density at radius 1 is 1.50 bits per heavy atom. The minimum Gasteiger partial charge on any atom is -0.357 e. The maximum Gasteiger partial charge on any atom is 0.249 e. The van der Waals surface area contributed by atoms with E-state index in [2.05, 4.69) is 5.32 Å². The molecule has 0 aromatic carbocycles. The van der Waals surface area contributed by atoms with E-state index in [0.717, 1.165) is 0 Å². The van der Waals surface area contributed by atoms with Gasteiger partial charge in [0.15, 0.2) is 11.1 Å². The third-order valence-corrected chi connectivity index (χ3v) is 1.86. The van der Waals surface area contributed by atoms with Crippen LogP contribution in [-0.4, -0.2) is 34.1 Å². The van der Waals surface area contributed by atoms with Crippen molar-refractivity contribution in [2.75, 3.05) is 12.8 Å². The SMILES string of the molecule is CNC(=O)[C@H](CS[N+](=O)[O-])N[N+](=O)[O-]. The number of amides is 1. The molecule has 0 saturated heterocycles. The largest absolute Gasteiger partial charge is 0.357 e. The second-order valence-electron chi connectivity index (χ2n) is 2.07. The number of nitro groups is 2. The van der Waals surface area contributed by atoms with Crippen molar-refractivity contribution in [2.45, 2.75) is 6.04 Å². The van der Waals surface area contributed by atoms with Gasteiger partial charge < -0.3 is 5.32 Å². The Morgan fingerprint density at radius 2 is 2.07 bits per heavy atom. The van der Waals surface area contributed by atoms with Gasteiger partial charge in [-0.15, -0.1) is 5.43 Å². The van der Waals surface area contributed by atoms with Crippen molar-refractivity contribution in [1.29, 1.82) is 0 Å². The van der Waals surface area contributed by atoms with Gasteiger partial charge in [-0.1, -0.05) is 0 Å². The van der Waals surface area contributed by atoms with Crippen molar-refractivity contribution in [2.24, 2.45) is 0 Å². The van der Waals surface area contributed by atoms with E-state index < -0.39 is 21.3 Å². The molecule has 14 heavy (non-hydrogen) atoms. The maximum atomic E-state index is 10.9. The highest BCUT2D eigenvalue weighted by molar-refractivity contribution is 7.93. The van der Waals surface area contributed by atoms with Gasteiger partial charge >= 0.3 is 0 Å². The lowest BCUT2D eigenvalue weighted by atomic mass is 10.3. The van der Waals surface area contributed by atoms with Crippen molar-refractivity contribution in [3.63, 3.8) is 0 Å². The first kappa shape index (κ1) is 12.4. The zero-order chi connectivity index (χ0) is 11.1. The van der Waals surface area contributed by atoms with E-state index in [-0.39, 0.29) is 17.7 Å². The summed E-state index contributed by atoms with van der Waals surface area (Å²) < 4.78 is -0.725. The van der Waals surface area contributed by atoms with Gasteiger partial charge in [-0.25, -0.2) is 10.1 Å². The Balaban J connectivity index is 4.17. The molecule has 1 amide bonds. The third-order valence-electron chi connectivity index (χ3n) is 1.17. The lowest BCUT2D eigenvalue weighted by Crippen LogP contribution is -2.47. The van der Waals surface area contributed by atoms with Gasteiger partial charge in [0.2, 0.25) is 17.9 Å². The summed E-state index contributed by atoms with van der Waals surface area (Å²) in [4.78, 5) is 30.9. The quantitative estimate of drug-likeness (QED) is 0.329. The molecule has 2 N–H and O–H groups in total. The summed E-state index contributed by atoms with van der Waals surface area (Å²) in [5, 5.41) is 21.2. The summed E-state index contributed by atoms with van der Waals surface area (Å²) in [6, 6.07) is -1.22. The van der Waals surface area contributed by atoms with Gasteiger partial charge in [0, 0.05) is 7.05 Å². The molecule has 9 nitrogen and oxygen atoms in total. The molecule has 0 aliphatic carbocycles. The molecule has 0 fully saturated rings. The zero-order valence-electron chi connectivity index (χ0n) is 7.13. The molecule has 10 heteroatoms. The van der Waals surface area contributed by atoms with Crippen LogP contribution < -0.4 is 10.7 Å². The Hall–Kier alpha value is -1.58. The maximum absolute atomic E-state index is 10.9. The number of hydrogen-bond acceptors (Lipinski definition) is 6. The predicted molar refractivity (Wildman–Crippen MR) is 47.4 cm³/mol. The molecule has 0 radical (unpaired) electrons. The minimum absolute atomic E-state index is 0.219. The van der Waals surface area contributed by atoms with Crippen LogP contribution in [0.2, 0.25) is 0 Å². The Morgan fingerprint density at radius 3 is 2.43 bits per heavy atom. The van der Waals surface area contributed by atoms with E-state index in [9.17, 15) is 25.0 Å². The lowest BCUT2D eigenvalue weighted by molar-refractivity contribution is -0.547. The first-order valence-corrected chi connectivity index (χ1v) is 4.31. The molecule has 0 heterocycles. The normalized spacial score (nSPS) is 11.5. The van der Waals surface area contributed by atoms with Gasteiger partial charge in [-0.3, -0.25) is 14.9 Å². The average molecular weight is 224 g/mol. The van der Waals surface area contributed by atoms with Crippen molar-refractivity contribution in [3.8, 4) is 0 Å². The van der Waals surface area contributed by atoms with E-state index in [1.165, 1.54) is 7.05 Å². The van der Waals surface area contributed by atoms with Crippen LogP contribution in [0.1, 0.15) is 0 Å². The number of nitrogens with zero attached hydrogens (tertiary/aromatic N) is 2. The summed E-state index contributed by atoms with van der Waals surface area (Å²) in [6.45, 7) is 0. The molecule has 1 atom stereocenters. The van der Waals surface area contributed by atoms with Gasteiger partial charge in [0.1, 0.15) is 4.33 Å². The van der Waals surface area contributed by atoms with E-state index in [1.807, 2.05) is 0 Å². The summed E-state index contributed by atoms with van der Waals surface area (Å²) >= 11 is 0.219. The number of hydrazine groups is 1. The second kappa shape index (κ2) is 5.96. The van der Waals surface area contributed by atoms with Crippen LogP contribution >= 0.6 is 11.9 Å². The number of carbonyl (C=O) groups is 1. The highest BCUT2D eigenvalue weighted by atomic mass is 32.2. The summed E-state index contributed by atoms with van der Waals surface area (Å²) in [7, 11) is 1.29. The minimum atomic E-state index is -1.22. The van der Waals surface area contributed by atoms with E-state index in [0.29, 0.717) is 0 Å². The standard InChI is InChI=1S/C4H8N4O5S/c1-5-4(9)3(6-7(10)11)2-14-8(12)13/h3,6H,2H2,1H3,(H,5,9)/t3-/m0/s1. The molecule has 0 aromatic rings. The first-order chi connectivity index (χ1) is 6.47. The van der Waals surface area contributed by atoms with Gasteiger partial charge in [-0.2, -0.15) is 0 Å². The van der Waals surface area contributed by atoms with Crippen LogP contribution in [0, 0.1) is 20.2 Å². The van der Waals surface area contributed by atoms with Crippen LogP contribution in [0.4, 0.5) is 0 Å². The second-order valence-corrected chi connectivity index (χ2v) is 2.96. The van der Waals surface area contributed by atoms with E-state index in [4.69, 9.17) is 0 Å². The number of nitrogens with one attached hydrogen (secondary N) is 2. The smallest absolute Gasteiger partial charge is 0.249 e. The molecule has 0 saturated carbocycles. The number of rotatable bonds is 6. The Kier molecular flexibility index (Phi) is 5.29. The summed E-state index contributed by atoms with van der Waals surface area (Å²) in [6.07, 6.45) is 0. The fourth-order valence-corrected chi connectivity index (χ4v) is 1.11. The van der Waals surface area contributed by atoms with E-state index >= 15 is 0 Å². The molecule has 0 aliphatic rings. The lowest BCUT2D eigenvalue weighted by Gasteiger charge is -2.08. The van der Waals surface area contributed by atoms with Crippen molar-refractivity contribution in [3.05, 3.63) is 20.2 Å². The van der Waals surface area contributed by atoms with Crippen LogP contribution in [0.15, 0.2) is 0 Å². The van der Waals surface area contributed by atoms with Gasteiger partial charge in [0.05, 0.1) is 5.75 Å². The predicted octanol–water partition coefficient (Wildman–Crippen LogP) is -1.19. The van der Waals surface area contributed by atoms with Gasteiger partial charge in [0.25, 0.3) is 0 Å². The zero-order valence-corrected chi connectivity index (χ0v) is 7.94. The third kappa shape index (κ3) is 5.13. The first-order valence-electron chi connectivity index (χ1n) is 3.36. The molecular formula is C4H8N4O5S. The number of carbonyl (C=O) groups excluding carboxylic acids is 1. The molecule has 0 unspecified atom stereocenters. The van der Waals surface area contributed by atoms with Crippen molar-refractivity contribution >= 4 is 17.9 Å². The average Bonchev–Trinajstić information content (AvgIpc) is 2.10. The van der Waals surface area contributed by atoms with Crippen molar-refractivity contribution < 1.29 is 14.2 Å². The molecule has 0 aliphatic heterocycles. The van der Waals surface area contributed by atoms with Crippen LogP contribution in [0.5, 0.6) is 0 Å². The molecule has 80 valence electrons. The monoisotopic (exact) mass is 224 g/mol. The fraction of sp³-hybridized carbons (Fsp3) is 0.750. The van der Waals surface area contributed by atoms with E-state index in [1.54, 1.807) is 5.43 Å². The van der Waals surface area contributed by atoms with Crippen LogP contribution in [-0.2, 0) is 4.79 Å². The van der Waals surface area contributed by atoms with Gasteiger partial charge in [-0.05, 0) is 0 Å². The number of likely N-dealkylation sites (N-methyl/N-ethyl adjacent to an activating group) is 1. The fourth-order valence-electron chi connectivity index (χ4n) is 0.608. The summed E-state index contributed by atoms with van der Waals surface area (Å²) in [5.41, 5.74) is 1.67. The Bertz CT molecular complexity index is 246. The number of hydrogen-bond donors (Lipinski definition) is 2. The molecule has 0 aromatic heterocycles. The van der Waals surface area contributed by atoms with Crippen LogP contribution in [0.25, 0.3) is 0 Å². The topological polar surface area (TPSA) is 127 Å². The molecule has 0 spiro atoms. The molecule has 0 bridgehead atoms. The molecule has 0 rings (SSSR count). The molecular weight excluding hydrogens is 216 g/mol. The summed E-state index contributed by atoms with van der Waals surface area (Å²) in [5.74, 6) is -0.982. The highest BCUT2D eigenvalue weighted by Gasteiger charge is 2.25.